The maximum atomic E-state index is 10.7. The lowest BCUT2D eigenvalue weighted by Gasteiger charge is -2.05. The molecule has 0 N–H and O–H groups in total. The first kappa shape index (κ1) is 10.6. The molecule has 0 aromatic heterocycles. The van der Waals surface area contributed by atoms with Gasteiger partial charge in [-0.2, -0.15) is 0 Å². The quantitative estimate of drug-likeness (QED) is 0.327. The van der Waals surface area contributed by atoms with E-state index < -0.39 is 17.9 Å². The monoisotopic (exact) mass is 174 g/mol. The molecular formula is C7H10O5. The van der Waals surface area contributed by atoms with Crippen LogP contribution in [0, 0.1) is 5.92 Å². The molecule has 0 radical (unpaired) electrons. The number of carbonyl (C=O) groups excluding carboxylic acids is 3. The van der Waals surface area contributed by atoms with E-state index in [-0.39, 0.29) is 6.42 Å². The molecule has 1 atom stereocenters. The highest BCUT2D eigenvalue weighted by Crippen LogP contribution is 2.02. The number of rotatable bonds is 4. The van der Waals surface area contributed by atoms with E-state index in [1.807, 2.05) is 0 Å². The van der Waals surface area contributed by atoms with Gasteiger partial charge in [0.05, 0.1) is 20.6 Å². The van der Waals surface area contributed by atoms with Gasteiger partial charge in [-0.05, 0) is 0 Å². The Labute approximate surface area is 69.6 Å². The molecule has 5 nitrogen and oxygen atoms in total. The van der Waals surface area contributed by atoms with Crippen LogP contribution in [0.5, 0.6) is 0 Å². The molecule has 0 saturated heterocycles. The molecule has 0 aromatic rings. The highest BCUT2D eigenvalue weighted by Gasteiger charge is 2.21. The molecule has 0 heterocycles. The summed E-state index contributed by atoms with van der Waals surface area (Å²) in [6.45, 7) is 0. The second-order valence-electron chi connectivity index (χ2n) is 2.05. The Morgan fingerprint density at radius 1 is 1.33 bits per heavy atom. The minimum atomic E-state index is -1.05. The first-order valence-electron chi connectivity index (χ1n) is 3.25. The maximum absolute atomic E-state index is 10.7. The highest BCUT2D eigenvalue weighted by molar-refractivity contribution is 5.91. The van der Waals surface area contributed by atoms with Crippen molar-refractivity contribution in [3.8, 4) is 0 Å². The number of esters is 2. The summed E-state index contributed by atoms with van der Waals surface area (Å²) in [5.74, 6) is -2.39. The fourth-order valence-electron chi connectivity index (χ4n) is 0.601. The highest BCUT2D eigenvalue weighted by atomic mass is 16.5. The van der Waals surface area contributed by atoms with Crippen molar-refractivity contribution in [3.63, 3.8) is 0 Å². The van der Waals surface area contributed by atoms with Gasteiger partial charge in [0.15, 0.2) is 0 Å². The number of carbonyl (C=O) groups is 3. The number of methoxy groups -OCH3 is 2. The Morgan fingerprint density at radius 3 is 2.25 bits per heavy atom. The molecule has 12 heavy (non-hydrogen) atoms. The van der Waals surface area contributed by atoms with Gasteiger partial charge >= 0.3 is 11.9 Å². The van der Waals surface area contributed by atoms with Crippen molar-refractivity contribution >= 4 is 18.2 Å². The Morgan fingerprint density at radius 2 is 1.92 bits per heavy atom. The Balaban J connectivity index is 4.08. The summed E-state index contributed by atoms with van der Waals surface area (Å²) in [6.07, 6.45) is 0.0927. The third-order valence-electron chi connectivity index (χ3n) is 1.28. The first-order chi connectivity index (χ1) is 5.65. The van der Waals surface area contributed by atoms with Gasteiger partial charge in [0, 0.05) is 0 Å². The number of hydrogen-bond acceptors (Lipinski definition) is 5. The SMILES string of the molecule is COC(=O)CC(C=O)C(=O)OC. The van der Waals surface area contributed by atoms with Crippen molar-refractivity contribution in [2.75, 3.05) is 14.2 Å². The summed E-state index contributed by atoms with van der Waals surface area (Å²) in [5, 5.41) is 0. The average Bonchev–Trinajstić information content (AvgIpc) is 2.12. The summed E-state index contributed by atoms with van der Waals surface area (Å²) >= 11 is 0. The molecule has 0 bridgehead atoms. The maximum Gasteiger partial charge on any atom is 0.316 e. The van der Waals surface area contributed by atoms with Crippen LogP contribution >= 0.6 is 0 Å². The fraction of sp³-hybridized carbons (Fsp3) is 0.571. The largest absolute Gasteiger partial charge is 0.469 e. The van der Waals surface area contributed by atoms with Crippen molar-refractivity contribution in [2.24, 2.45) is 5.92 Å². The predicted octanol–water partition coefficient (Wildman–Crippen LogP) is -0.462. The summed E-state index contributed by atoms with van der Waals surface area (Å²) in [5.41, 5.74) is 0. The molecule has 0 spiro atoms. The molecule has 5 heteroatoms. The van der Waals surface area contributed by atoms with Crippen LogP contribution in [0.3, 0.4) is 0 Å². The van der Waals surface area contributed by atoms with E-state index in [1.165, 1.54) is 7.11 Å². The molecular weight excluding hydrogens is 164 g/mol. The molecule has 1 unspecified atom stereocenters. The van der Waals surface area contributed by atoms with Gasteiger partial charge in [-0.3, -0.25) is 9.59 Å². The molecule has 0 aliphatic rings. The Bertz CT molecular complexity index is 186. The third-order valence-corrected chi connectivity index (χ3v) is 1.28. The second-order valence-corrected chi connectivity index (χ2v) is 2.05. The zero-order chi connectivity index (χ0) is 9.56. The van der Waals surface area contributed by atoms with Crippen molar-refractivity contribution in [2.45, 2.75) is 6.42 Å². The van der Waals surface area contributed by atoms with Crippen molar-refractivity contribution in [3.05, 3.63) is 0 Å². The molecule has 0 fully saturated rings. The van der Waals surface area contributed by atoms with E-state index in [0.29, 0.717) is 6.29 Å². The lowest BCUT2D eigenvalue weighted by atomic mass is 10.1. The van der Waals surface area contributed by atoms with Gasteiger partial charge in [0.25, 0.3) is 0 Å². The van der Waals surface area contributed by atoms with Crippen LogP contribution in [-0.2, 0) is 23.9 Å². The minimum absolute atomic E-state index is 0.271. The van der Waals surface area contributed by atoms with E-state index in [2.05, 4.69) is 9.47 Å². The second kappa shape index (κ2) is 5.29. The summed E-state index contributed by atoms with van der Waals surface area (Å²) in [6, 6.07) is 0. The van der Waals surface area contributed by atoms with E-state index >= 15 is 0 Å². The Kier molecular flexibility index (Phi) is 4.67. The molecule has 0 aliphatic heterocycles. The van der Waals surface area contributed by atoms with Gasteiger partial charge in [-0.25, -0.2) is 0 Å². The Hall–Kier alpha value is -1.39. The van der Waals surface area contributed by atoms with Gasteiger partial charge in [-0.15, -0.1) is 0 Å². The summed E-state index contributed by atoms with van der Waals surface area (Å²) in [7, 11) is 2.33. The lowest BCUT2D eigenvalue weighted by molar-refractivity contribution is -0.153. The van der Waals surface area contributed by atoms with Crippen LogP contribution in [0.25, 0.3) is 0 Å². The molecule has 0 amide bonds. The topological polar surface area (TPSA) is 69.7 Å². The minimum Gasteiger partial charge on any atom is -0.469 e. The number of aldehydes is 1. The summed E-state index contributed by atoms with van der Waals surface area (Å²) in [4.78, 5) is 31.6. The van der Waals surface area contributed by atoms with Gasteiger partial charge < -0.3 is 14.3 Å². The normalized spacial score (nSPS) is 11.5. The number of hydrogen-bond donors (Lipinski definition) is 0. The van der Waals surface area contributed by atoms with Crippen LogP contribution in [0.4, 0.5) is 0 Å². The van der Waals surface area contributed by atoms with Crippen LogP contribution in [-0.4, -0.2) is 32.4 Å². The average molecular weight is 174 g/mol. The van der Waals surface area contributed by atoms with Crippen molar-refractivity contribution in [1.29, 1.82) is 0 Å². The molecule has 0 aliphatic carbocycles. The third kappa shape index (κ3) is 3.14. The molecule has 0 aromatic carbocycles. The summed E-state index contributed by atoms with van der Waals surface area (Å²) < 4.78 is 8.54. The smallest absolute Gasteiger partial charge is 0.316 e. The van der Waals surface area contributed by atoms with Crippen molar-refractivity contribution in [1.82, 2.24) is 0 Å². The van der Waals surface area contributed by atoms with Crippen LogP contribution < -0.4 is 0 Å². The zero-order valence-corrected chi connectivity index (χ0v) is 6.90. The van der Waals surface area contributed by atoms with Crippen LogP contribution in [0.15, 0.2) is 0 Å². The van der Waals surface area contributed by atoms with Gasteiger partial charge in [0.1, 0.15) is 12.2 Å². The number of ether oxygens (including phenoxy) is 2. The lowest BCUT2D eigenvalue weighted by Crippen LogP contribution is -2.21. The predicted molar refractivity (Wildman–Crippen MR) is 38.2 cm³/mol. The molecule has 0 saturated carbocycles. The fourth-order valence-corrected chi connectivity index (χ4v) is 0.601. The molecule has 0 rings (SSSR count). The van der Waals surface area contributed by atoms with E-state index in [9.17, 15) is 14.4 Å². The van der Waals surface area contributed by atoms with Gasteiger partial charge in [-0.1, -0.05) is 0 Å². The van der Waals surface area contributed by atoms with Crippen LogP contribution in [0.2, 0.25) is 0 Å². The van der Waals surface area contributed by atoms with E-state index in [4.69, 9.17) is 0 Å². The van der Waals surface area contributed by atoms with E-state index in [0.717, 1.165) is 7.11 Å². The zero-order valence-electron chi connectivity index (χ0n) is 6.90. The molecule has 68 valence electrons. The van der Waals surface area contributed by atoms with Crippen LogP contribution in [0.1, 0.15) is 6.42 Å². The van der Waals surface area contributed by atoms with Crippen molar-refractivity contribution < 1.29 is 23.9 Å². The standard InChI is InChI=1S/C7H10O5/c1-11-6(9)3-5(4-8)7(10)12-2/h4-5H,3H2,1-2H3. The van der Waals surface area contributed by atoms with Gasteiger partial charge in [0.2, 0.25) is 0 Å². The first-order valence-corrected chi connectivity index (χ1v) is 3.25. The van der Waals surface area contributed by atoms with E-state index in [1.54, 1.807) is 0 Å².